The van der Waals surface area contributed by atoms with Gasteiger partial charge in [0, 0.05) is 12.2 Å². The highest BCUT2D eigenvalue weighted by Gasteiger charge is 2.41. The first-order valence-electron chi connectivity index (χ1n) is 11.2. The summed E-state index contributed by atoms with van der Waals surface area (Å²) in [4.78, 5) is 0. The van der Waals surface area contributed by atoms with Crippen molar-refractivity contribution in [3.8, 4) is 11.5 Å². The molecule has 1 heterocycles. The molecule has 0 aromatic heterocycles. The molecule has 28 heavy (non-hydrogen) atoms. The normalized spacial score (nSPS) is 19.0. The smallest absolute Gasteiger partial charge is 0.158 e. The molecule has 0 aliphatic carbocycles. The monoisotopic (exact) mass is 400 g/mol. The zero-order chi connectivity index (χ0) is 20.7. The molecular formula is C25H40O2Si. The van der Waals surface area contributed by atoms with E-state index >= 15 is 0 Å². The number of benzene rings is 1. The Morgan fingerprint density at radius 2 is 1.61 bits per heavy atom. The molecule has 1 aliphatic heterocycles. The Hall–Kier alpha value is -1.08. The van der Waals surface area contributed by atoms with Gasteiger partial charge < -0.3 is 9.47 Å². The van der Waals surface area contributed by atoms with Gasteiger partial charge >= 0.3 is 0 Å². The van der Waals surface area contributed by atoms with Crippen LogP contribution in [0.25, 0.3) is 0 Å². The van der Waals surface area contributed by atoms with Crippen molar-refractivity contribution in [1.29, 1.82) is 0 Å². The fraction of sp³-hybridized carbons (Fsp3) is 0.680. The van der Waals surface area contributed by atoms with Crippen molar-refractivity contribution in [2.75, 3.05) is 6.61 Å². The number of ether oxygens (including phenoxy) is 2. The highest BCUT2D eigenvalue weighted by molar-refractivity contribution is 6.90. The Morgan fingerprint density at radius 1 is 1.00 bits per heavy atom. The summed E-state index contributed by atoms with van der Waals surface area (Å²) in [5.41, 5.74) is 8.13. The van der Waals surface area contributed by atoms with Crippen molar-refractivity contribution < 1.29 is 9.47 Å². The second-order valence-electron chi connectivity index (χ2n) is 9.10. The van der Waals surface area contributed by atoms with Gasteiger partial charge in [0.05, 0.1) is 6.10 Å². The maximum Gasteiger partial charge on any atom is 0.158 e. The van der Waals surface area contributed by atoms with Crippen LogP contribution in [0.1, 0.15) is 91.4 Å². The van der Waals surface area contributed by atoms with Crippen molar-refractivity contribution in [1.82, 2.24) is 0 Å². The molecule has 1 aliphatic rings. The first-order chi connectivity index (χ1) is 13.3. The summed E-state index contributed by atoms with van der Waals surface area (Å²) in [5.74, 6) is 3.54. The summed E-state index contributed by atoms with van der Waals surface area (Å²) in [6, 6.07) is 8.70. The van der Waals surface area contributed by atoms with Gasteiger partial charge in [-0.25, -0.2) is 0 Å². The van der Waals surface area contributed by atoms with E-state index in [1.165, 1.54) is 12.0 Å². The van der Waals surface area contributed by atoms with Crippen LogP contribution >= 0.6 is 0 Å². The lowest BCUT2D eigenvalue weighted by Crippen LogP contribution is -2.43. The average Bonchev–Trinajstić information content (AvgIpc) is 2.67. The number of hydrogen-bond acceptors (Lipinski definition) is 2. The van der Waals surface area contributed by atoms with Crippen molar-refractivity contribution >= 4 is 8.07 Å². The van der Waals surface area contributed by atoms with E-state index in [2.05, 4.69) is 84.2 Å². The first-order valence-corrected chi connectivity index (χ1v) is 13.4. The highest BCUT2D eigenvalue weighted by Crippen LogP contribution is 2.40. The van der Waals surface area contributed by atoms with Crippen LogP contribution in [0.4, 0.5) is 0 Å². The maximum absolute atomic E-state index is 6.22. The predicted molar refractivity (Wildman–Crippen MR) is 122 cm³/mol. The van der Waals surface area contributed by atoms with E-state index in [1.807, 2.05) is 0 Å². The molecule has 0 spiro atoms. The summed E-state index contributed by atoms with van der Waals surface area (Å²) in [6.07, 6.45) is 4.36. The van der Waals surface area contributed by atoms with E-state index in [4.69, 9.17) is 9.47 Å². The molecule has 2 rings (SSSR count). The van der Waals surface area contributed by atoms with Crippen LogP contribution in [-0.2, 0) is 9.47 Å². The topological polar surface area (TPSA) is 18.5 Å². The van der Waals surface area contributed by atoms with Crippen LogP contribution in [0.2, 0.25) is 16.6 Å². The maximum atomic E-state index is 6.22. The van der Waals surface area contributed by atoms with Gasteiger partial charge in [-0.1, -0.05) is 66.5 Å². The zero-order valence-electron chi connectivity index (χ0n) is 19.0. The quantitative estimate of drug-likeness (QED) is 0.354. The second-order valence-corrected chi connectivity index (χ2v) is 14.7. The number of rotatable bonds is 7. The SMILES string of the molecule is CC[C@@H](OC1CCCCO1)c1ccc(C#C[Si](C(C)C)(C(C)C)C(C)C)cc1. The Labute approximate surface area is 174 Å². The molecule has 1 aromatic carbocycles. The molecule has 1 fully saturated rings. The molecule has 0 saturated carbocycles. The van der Waals surface area contributed by atoms with Gasteiger partial charge in [0.25, 0.3) is 0 Å². The molecule has 1 unspecified atom stereocenters. The molecule has 0 radical (unpaired) electrons. The lowest BCUT2D eigenvalue weighted by Gasteiger charge is -2.38. The van der Waals surface area contributed by atoms with E-state index in [1.54, 1.807) is 0 Å². The number of hydrogen-bond donors (Lipinski definition) is 0. The molecular weight excluding hydrogens is 360 g/mol. The van der Waals surface area contributed by atoms with Crippen LogP contribution in [0.15, 0.2) is 24.3 Å². The van der Waals surface area contributed by atoms with Gasteiger partial charge in [0.2, 0.25) is 0 Å². The van der Waals surface area contributed by atoms with Crippen LogP contribution in [0.5, 0.6) is 0 Å². The van der Waals surface area contributed by atoms with Gasteiger partial charge in [-0.2, -0.15) is 0 Å². The van der Waals surface area contributed by atoms with Crippen LogP contribution in [0.3, 0.4) is 0 Å². The molecule has 1 saturated heterocycles. The lowest BCUT2D eigenvalue weighted by atomic mass is 10.0. The molecule has 2 nitrogen and oxygen atoms in total. The summed E-state index contributed by atoms with van der Waals surface area (Å²) >= 11 is 0. The van der Waals surface area contributed by atoms with E-state index in [0.29, 0.717) is 16.6 Å². The van der Waals surface area contributed by atoms with Crippen LogP contribution in [-0.4, -0.2) is 21.0 Å². The lowest BCUT2D eigenvalue weighted by molar-refractivity contribution is -0.190. The van der Waals surface area contributed by atoms with Crippen molar-refractivity contribution in [3.05, 3.63) is 35.4 Å². The first kappa shape index (κ1) is 23.2. The van der Waals surface area contributed by atoms with Gasteiger partial charge in [-0.05, 0) is 60.0 Å². The van der Waals surface area contributed by atoms with Gasteiger partial charge in [0.15, 0.2) is 6.29 Å². The van der Waals surface area contributed by atoms with Crippen molar-refractivity contribution in [2.45, 2.75) is 103 Å². The predicted octanol–water partition coefficient (Wildman–Crippen LogP) is 7.25. The van der Waals surface area contributed by atoms with E-state index in [0.717, 1.165) is 31.4 Å². The third kappa shape index (κ3) is 5.50. The molecule has 156 valence electrons. The molecule has 0 bridgehead atoms. The minimum atomic E-state index is -1.68. The fourth-order valence-electron chi connectivity index (χ4n) is 4.81. The van der Waals surface area contributed by atoms with E-state index in [9.17, 15) is 0 Å². The van der Waals surface area contributed by atoms with E-state index in [-0.39, 0.29) is 12.4 Å². The minimum Gasteiger partial charge on any atom is -0.353 e. The van der Waals surface area contributed by atoms with Crippen molar-refractivity contribution in [3.63, 3.8) is 0 Å². The third-order valence-electron chi connectivity index (χ3n) is 6.40. The molecule has 0 N–H and O–H groups in total. The minimum absolute atomic E-state index is 0.0482. The van der Waals surface area contributed by atoms with Gasteiger partial charge in [-0.3, -0.25) is 0 Å². The second kappa shape index (κ2) is 10.6. The summed E-state index contributed by atoms with van der Waals surface area (Å²) in [6.45, 7) is 17.2. The Kier molecular flexibility index (Phi) is 8.80. The van der Waals surface area contributed by atoms with Crippen LogP contribution in [0, 0.1) is 11.5 Å². The summed E-state index contributed by atoms with van der Waals surface area (Å²) in [7, 11) is -1.68. The summed E-state index contributed by atoms with van der Waals surface area (Å²) in [5, 5.41) is 0. The van der Waals surface area contributed by atoms with Crippen molar-refractivity contribution in [2.24, 2.45) is 0 Å². The Bertz CT molecular complexity index is 624. The standard InChI is InChI=1S/C25H40O2Si/c1-8-24(27-25-11-9-10-17-26-25)23-14-12-22(13-15-23)16-18-28(19(2)3,20(4)5)21(6)7/h12-15,19-21,24-25H,8-11,17H2,1-7H3/t24-,25?/m1/s1. The molecule has 1 aromatic rings. The summed E-state index contributed by atoms with van der Waals surface area (Å²) < 4.78 is 12.0. The third-order valence-corrected chi connectivity index (χ3v) is 12.7. The zero-order valence-corrected chi connectivity index (χ0v) is 20.0. The highest BCUT2D eigenvalue weighted by atomic mass is 28.3. The molecule has 0 amide bonds. The fourth-order valence-corrected chi connectivity index (χ4v) is 10.0. The Balaban J connectivity index is 2.16. The van der Waals surface area contributed by atoms with E-state index < -0.39 is 8.07 Å². The molecule has 2 atom stereocenters. The van der Waals surface area contributed by atoms with Gasteiger partial charge in [-0.15, -0.1) is 5.54 Å². The molecule has 3 heteroatoms. The van der Waals surface area contributed by atoms with Gasteiger partial charge in [0.1, 0.15) is 8.07 Å². The Morgan fingerprint density at radius 3 is 2.07 bits per heavy atom. The van der Waals surface area contributed by atoms with Crippen LogP contribution < -0.4 is 0 Å². The average molecular weight is 401 g/mol. The largest absolute Gasteiger partial charge is 0.353 e.